The molecule has 106 valence electrons. The molecule has 2 aromatic rings. The van der Waals surface area contributed by atoms with Crippen molar-refractivity contribution in [2.45, 2.75) is 33.7 Å². The lowest BCUT2D eigenvalue weighted by atomic mass is 10.0. The highest BCUT2D eigenvalue weighted by molar-refractivity contribution is 5.46. The highest BCUT2D eigenvalue weighted by atomic mass is 19.1. The van der Waals surface area contributed by atoms with Crippen molar-refractivity contribution in [3.63, 3.8) is 0 Å². The van der Waals surface area contributed by atoms with Crippen molar-refractivity contribution >= 4 is 0 Å². The van der Waals surface area contributed by atoms with Gasteiger partial charge in [-0.2, -0.15) is 0 Å². The summed E-state index contributed by atoms with van der Waals surface area (Å²) < 4.78 is 19.7. The van der Waals surface area contributed by atoms with E-state index in [4.69, 9.17) is 10.5 Å². The lowest BCUT2D eigenvalue weighted by molar-refractivity contribution is 0.464. The van der Waals surface area contributed by atoms with Gasteiger partial charge in [-0.05, 0) is 62.6 Å². The van der Waals surface area contributed by atoms with Crippen molar-refractivity contribution in [3.05, 3.63) is 58.4 Å². The molecule has 0 amide bonds. The number of ether oxygens (including phenoxy) is 1. The number of hydrogen-bond acceptors (Lipinski definition) is 2. The first-order chi connectivity index (χ1) is 9.40. The van der Waals surface area contributed by atoms with Crippen LogP contribution < -0.4 is 10.5 Å². The van der Waals surface area contributed by atoms with Crippen LogP contribution in [0.25, 0.3) is 0 Å². The van der Waals surface area contributed by atoms with E-state index in [0.717, 1.165) is 16.9 Å². The molecule has 0 radical (unpaired) electrons. The van der Waals surface area contributed by atoms with Crippen LogP contribution in [0.1, 0.15) is 35.2 Å². The zero-order chi connectivity index (χ0) is 14.9. The topological polar surface area (TPSA) is 35.2 Å². The molecule has 2 rings (SSSR count). The quantitative estimate of drug-likeness (QED) is 0.889. The first kappa shape index (κ1) is 14.5. The molecule has 0 bridgehead atoms. The van der Waals surface area contributed by atoms with E-state index in [9.17, 15) is 4.39 Å². The summed E-state index contributed by atoms with van der Waals surface area (Å²) in [6.07, 6.45) is 0. The highest BCUT2D eigenvalue weighted by Gasteiger charge is 2.14. The number of benzene rings is 2. The van der Waals surface area contributed by atoms with E-state index in [2.05, 4.69) is 0 Å². The van der Waals surface area contributed by atoms with Gasteiger partial charge in [-0.25, -0.2) is 4.39 Å². The lowest BCUT2D eigenvalue weighted by Crippen LogP contribution is -2.08. The van der Waals surface area contributed by atoms with Gasteiger partial charge in [0.2, 0.25) is 0 Å². The molecule has 0 aromatic heterocycles. The Kier molecular flexibility index (Phi) is 4.09. The smallest absolute Gasteiger partial charge is 0.132 e. The van der Waals surface area contributed by atoms with Gasteiger partial charge in [0, 0.05) is 11.6 Å². The average molecular weight is 273 g/mol. The lowest BCUT2D eigenvalue weighted by Gasteiger charge is -2.17. The Morgan fingerprint density at radius 1 is 1.05 bits per heavy atom. The molecular weight excluding hydrogens is 253 g/mol. The van der Waals surface area contributed by atoms with Crippen LogP contribution in [0.5, 0.6) is 11.5 Å². The largest absolute Gasteiger partial charge is 0.457 e. The number of nitrogens with two attached hydrogens (primary N) is 1. The van der Waals surface area contributed by atoms with Crippen molar-refractivity contribution in [3.8, 4) is 11.5 Å². The minimum absolute atomic E-state index is 0.259. The van der Waals surface area contributed by atoms with Crippen LogP contribution >= 0.6 is 0 Å². The standard InChI is InChI=1S/C17H20FNO/c1-10-6-5-7-16(12(10)3)20-17-8-11(2)15(18)9-14(17)13(4)19/h5-9,13H,19H2,1-4H3/t13-/m0/s1. The summed E-state index contributed by atoms with van der Waals surface area (Å²) in [7, 11) is 0. The van der Waals surface area contributed by atoms with Crippen molar-refractivity contribution in [2.24, 2.45) is 5.73 Å². The van der Waals surface area contributed by atoms with Crippen LogP contribution in [0.15, 0.2) is 30.3 Å². The van der Waals surface area contributed by atoms with Crippen molar-refractivity contribution in [1.82, 2.24) is 0 Å². The summed E-state index contributed by atoms with van der Waals surface area (Å²) in [5.74, 6) is 1.14. The van der Waals surface area contributed by atoms with Crippen LogP contribution in [0.4, 0.5) is 4.39 Å². The van der Waals surface area contributed by atoms with Gasteiger partial charge in [0.25, 0.3) is 0 Å². The average Bonchev–Trinajstić information content (AvgIpc) is 2.38. The number of rotatable bonds is 3. The molecule has 0 spiro atoms. The van der Waals surface area contributed by atoms with Gasteiger partial charge >= 0.3 is 0 Å². The summed E-state index contributed by atoms with van der Waals surface area (Å²) in [6.45, 7) is 7.58. The van der Waals surface area contributed by atoms with E-state index >= 15 is 0 Å². The minimum Gasteiger partial charge on any atom is -0.457 e. The molecule has 0 saturated heterocycles. The van der Waals surface area contributed by atoms with Crippen LogP contribution in [0.2, 0.25) is 0 Å². The van der Waals surface area contributed by atoms with Gasteiger partial charge in [-0.1, -0.05) is 12.1 Å². The van der Waals surface area contributed by atoms with Gasteiger partial charge in [0.1, 0.15) is 17.3 Å². The Morgan fingerprint density at radius 3 is 2.40 bits per heavy atom. The Balaban J connectivity index is 2.47. The van der Waals surface area contributed by atoms with Crippen LogP contribution in [-0.2, 0) is 0 Å². The van der Waals surface area contributed by atoms with Gasteiger partial charge in [0.05, 0.1) is 0 Å². The van der Waals surface area contributed by atoms with Crippen molar-refractivity contribution < 1.29 is 9.13 Å². The SMILES string of the molecule is Cc1cc(Oc2cccc(C)c2C)c([C@H](C)N)cc1F. The second-order valence-corrected chi connectivity index (χ2v) is 5.23. The second-order valence-electron chi connectivity index (χ2n) is 5.23. The summed E-state index contributed by atoms with van der Waals surface area (Å²) in [5, 5.41) is 0. The van der Waals surface area contributed by atoms with Gasteiger partial charge < -0.3 is 10.5 Å². The third-order valence-corrected chi connectivity index (χ3v) is 3.56. The number of hydrogen-bond donors (Lipinski definition) is 1. The van der Waals surface area contributed by atoms with Crippen LogP contribution in [0.3, 0.4) is 0 Å². The molecule has 0 unspecified atom stereocenters. The number of aryl methyl sites for hydroxylation is 2. The molecule has 0 fully saturated rings. The molecule has 0 aliphatic heterocycles. The second kappa shape index (κ2) is 5.63. The molecule has 0 saturated carbocycles. The third kappa shape index (κ3) is 2.83. The van der Waals surface area contributed by atoms with E-state index in [1.165, 1.54) is 6.07 Å². The maximum atomic E-state index is 13.7. The fourth-order valence-electron chi connectivity index (χ4n) is 2.07. The van der Waals surface area contributed by atoms with Crippen LogP contribution in [0, 0.1) is 26.6 Å². The molecule has 0 aliphatic rings. The van der Waals surface area contributed by atoms with E-state index in [-0.39, 0.29) is 11.9 Å². The van der Waals surface area contributed by atoms with Crippen molar-refractivity contribution in [2.75, 3.05) is 0 Å². The Bertz CT molecular complexity index is 635. The monoisotopic (exact) mass is 273 g/mol. The molecule has 0 aliphatic carbocycles. The Morgan fingerprint density at radius 2 is 1.75 bits per heavy atom. The fourth-order valence-corrected chi connectivity index (χ4v) is 2.07. The first-order valence-electron chi connectivity index (χ1n) is 6.70. The van der Waals surface area contributed by atoms with E-state index in [0.29, 0.717) is 16.9 Å². The first-order valence-corrected chi connectivity index (χ1v) is 6.70. The Labute approximate surface area is 119 Å². The molecule has 3 heteroatoms. The summed E-state index contributed by atoms with van der Waals surface area (Å²) in [6, 6.07) is 8.76. The highest BCUT2D eigenvalue weighted by Crippen LogP contribution is 2.33. The van der Waals surface area contributed by atoms with Crippen molar-refractivity contribution in [1.29, 1.82) is 0 Å². The van der Waals surface area contributed by atoms with E-state index in [1.807, 2.05) is 39.0 Å². The molecule has 1 atom stereocenters. The minimum atomic E-state index is -0.287. The predicted molar refractivity (Wildman–Crippen MR) is 79.7 cm³/mol. The normalized spacial score (nSPS) is 12.3. The van der Waals surface area contributed by atoms with E-state index in [1.54, 1.807) is 13.0 Å². The van der Waals surface area contributed by atoms with E-state index < -0.39 is 0 Å². The van der Waals surface area contributed by atoms with Gasteiger partial charge in [0.15, 0.2) is 0 Å². The summed E-state index contributed by atoms with van der Waals surface area (Å²) >= 11 is 0. The zero-order valence-corrected chi connectivity index (χ0v) is 12.3. The maximum absolute atomic E-state index is 13.7. The number of halogens is 1. The molecular formula is C17H20FNO. The molecule has 2 nitrogen and oxygen atoms in total. The van der Waals surface area contributed by atoms with Gasteiger partial charge in [-0.3, -0.25) is 0 Å². The van der Waals surface area contributed by atoms with Crippen LogP contribution in [-0.4, -0.2) is 0 Å². The predicted octanol–water partition coefficient (Wildman–Crippen LogP) is 4.56. The van der Waals surface area contributed by atoms with Gasteiger partial charge in [-0.15, -0.1) is 0 Å². The Hall–Kier alpha value is -1.87. The maximum Gasteiger partial charge on any atom is 0.132 e. The zero-order valence-electron chi connectivity index (χ0n) is 12.3. The summed E-state index contributed by atoms with van der Waals surface area (Å²) in [5.41, 5.74) is 9.36. The molecule has 2 N–H and O–H groups in total. The summed E-state index contributed by atoms with van der Waals surface area (Å²) in [4.78, 5) is 0. The third-order valence-electron chi connectivity index (χ3n) is 3.56. The fraction of sp³-hybridized carbons (Fsp3) is 0.294. The molecule has 2 aromatic carbocycles. The molecule has 0 heterocycles. The molecule has 20 heavy (non-hydrogen) atoms.